The number of carbonyl (C=O) groups excluding carboxylic acids is 2. The Morgan fingerprint density at radius 2 is 1.81 bits per heavy atom. The van der Waals surface area contributed by atoms with Crippen LogP contribution < -0.4 is 15.2 Å². The molecule has 1 heterocycles. The van der Waals surface area contributed by atoms with Gasteiger partial charge in [-0.05, 0) is 55.5 Å². The second-order valence-corrected chi connectivity index (χ2v) is 8.54. The third-order valence-electron chi connectivity index (χ3n) is 5.11. The highest BCUT2D eigenvalue weighted by Gasteiger charge is 2.26. The Morgan fingerprint density at radius 3 is 2.48 bits per heavy atom. The number of rotatable bonds is 7. The quantitative estimate of drug-likeness (QED) is 0.458. The van der Waals surface area contributed by atoms with E-state index in [0.717, 1.165) is 21.9 Å². The van der Waals surface area contributed by atoms with Gasteiger partial charge in [0.05, 0.1) is 18.4 Å². The van der Waals surface area contributed by atoms with Crippen LogP contribution >= 0.6 is 0 Å². The zero-order valence-corrected chi connectivity index (χ0v) is 18.3. The first-order chi connectivity index (χ1) is 14.7. The van der Waals surface area contributed by atoms with E-state index in [1.807, 2.05) is 24.3 Å². The van der Waals surface area contributed by atoms with Crippen LogP contribution in [0.4, 0.5) is 0 Å². The largest absolute Gasteiger partial charge is 0.493 e. The SMILES string of the molecule is COc1cc(C(CN)C(=O)Cc2ccc3cnccc3c2)ccc1OC(=O)C(C)(C)C. The van der Waals surface area contributed by atoms with E-state index >= 15 is 0 Å². The summed E-state index contributed by atoms with van der Waals surface area (Å²) in [7, 11) is 1.50. The van der Waals surface area contributed by atoms with Gasteiger partial charge in [-0.1, -0.05) is 24.3 Å². The van der Waals surface area contributed by atoms with Crippen molar-refractivity contribution in [2.24, 2.45) is 11.1 Å². The van der Waals surface area contributed by atoms with Gasteiger partial charge in [-0.3, -0.25) is 14.6 Å². The number of aromatic nitrogens is 1. The van der Waals surface area contributed by atoms with Crippen LogP contribution in [0.5, 0.6) is 11.5 Å². The molecular formula is C25H28N2O4. The summed E-state index contributed by atoms with van der Waals surface area (Å²) in [6.07, 6.45) is 3.80. The van der Waals surface area contributed by atoms with E-state index in [1.54, 1.807) is 51.4 Å². The minimum atomic E-state index is -0.643. The van der Waals surface area contributed by atoms with Gasteiger partial charge in [-0.15, -0.1) is 0 Å². The maximum absolute atomic E-state index is 13.1. The summed E-state index contributed by atoms with van der Waals surface area (Å²) in [6, 6.07) is 12.9. The van der Waals surface area contributed by atoms with Gasteiger partial charge in [-0.25, -0.2) is 0 Å². The highest BCUT2D eigenvalue weighted by Crippen LogP contribution is 2.33. The van der Waals surface area contributed by atoms with Gasteiger partial charge >= 0.3 is 5.97 Å². The molecule has 2 N–H and O–H groups in total. The molecule has 3 rings (SSSR count). The van der Waals surface area contributed by atoms with Crippen molar-refractivity contribution in [2.45, 2.75) is 33.1 Å². The van der Waals surface area contributed by atoms with Gasteiger partial charge in [0.2, 0.25) is 0 Å². The Hall–Kier alpha value is -3.25. The highest BCUT2D eigenvalue weighted by atomic mass is 16.6. The molecule has 2 aromatic carbocycles. The minimum Gasteiger partial charge on any atom is -0.493 e. The van der Waals surface area contributed by atoms with Crippen molar-refractivity contribution in [3.8, 4) is 11.5 Å². The molecule has 0 amide bonds. The van der Waals surface area contributed by atoms with E-state index in [-0.39, 0.29) is 24.7 Å². The predicted octanol–water partition coefficient (Wildman–Crippen LogP) is 4.05. The number of ether oxygens (including phenoxy) is 2. The molecule has 0 bridgehead atoms. The number of methoxy groups -OCH3 is 1. The van der Waals surface area contributed by atoms with Crippen LogP contribution in [0.25, 0.3) is 10.8 Å². The van der Waals surface area contributed by atoms with Gasteiger partial charge in [0.1, 0.15) is 5.78 Å². The summed E-state index contributed by atoms with van der Waals surface area (Å²) in [5, 5.41) is 2.07. The summed E-state index contributed by atoms with van der Waals surface area (Å²) in [4.78, 5) is 29.4. The van der Waals surface area contributed by atoms with Crippen LogP contribution in [0.1, 0.15) is 37.8 Å². The van der Waals surface area contributed by atoms with Crippen molar-refractivity contribution in [3.63, 3.8) is 0 Å². The zero-order valence-electron chi connectivity index (χ0n) is 18.3. The summed E-state index contributed by atoms with van der Waals surface area (Å²) < 4.78 is 10.9. The molecule has 0 fully saturated rings. The van der Waals surface area contributed by atoms with Crippen molar-refractivity contribution in [1.29, 1.82) is 0 Å². The molecular weight excluding hydrogens is 392 g/mol. The molecule has 0 aliphatic carbocycles. The summed E-state index contributed by atoms with van der Waals surface area (Å²) in [5.74, 6) is -0.139. The average molecular weight is 421 g/mol. The molecule has 0 aliphatic rings. The Balaban J connectivity index is 1.81. The molecule has 0 spiro atoms. The first kappa shape index (κ1) is 22.4. The van der Waals surface area contributed by atoms with Crippen molar-refractivity contribution < 1.29 is 19.1 Å². The number of hydrogen-bond acceptors (Lipinski definition) is 6. The molecule has 31 heavy (non-hydrogen) atoms. The number of pyridine rings is 1. The van der Waals surface area contributed by atoms with E-state index in [4.69, 9.17) is 15.2 Å². The Morgan fingerprint density at radius 1 is 1.03 bits per heavy atom. The standard InChI is InChI=1S/C25H28N2O4/c1-25(2,3)24(29)31-22-8-7-18(13-23(22)30-4)20(14-26)21(28)12-16-5-6-19-15-27-10-9-17(19)11-16/h5-11,13,15,20H,12,14,26H2,1-4H3. The lowest BCUT2D eigenvalue weighted by molar-refractivity contribution is -0.143. The van der Waals surface area contributed by atoms with Crippen LogP contribution in [-0.4, -0.2) is 30.4 Å². The first-order valence-electron chi connectivity index (χ1n) is 10.2. The maximum atomic E-state index is 13.1. The molecule has 0 saturated heterocycles. The molecule has 162 valence electrons. The van der Waals surface area contributed by atoms with Gasteiger partial charge in [-0.2, -0.15) is 0 Å². The summed E-state index contributed by atoms with van der Waals surface area (Å²) >= 11 is 0. The number of esters is 1. The van der Waals surface area contributed by atoms with Crippen LogP contribution in [0.15, 0.2) is 54.9 Å². The number of Topliss-reactive ketones (excluding diaryl/α,β-unsaturated/α-hetero) is 1. The lowest BCUT2D eigenvalue weighted by Crippen LogP contribution is -2.26. The number of carbonyl (C=O) groups is 2. The van der Waals surface area contributed by atoms with Gasteiger partial charge in [0, 0.05) is 30.7 Å². The first-order valence-corrected chi connectivity index (χ1v) is 10.2. The number of benzene rings is 2. The van der Waals surface area contributed by atoms with Gasteiger partial charge < -0.3 is 15.2 Å². The fourth-order valence-electron chi connectivity index (χ4n) is 3.26. The number of nitrogens with two attached hydrogens (primary N) is 1. The molecule has 6 heteroatoms. The molecule has 0 radical (unpaired) electrons. The van der Waals surface area contributed by atoms with Gasteiger partial charge in [0.25, 0.3) is 0 Å². The Kier molecular flexibility index (Phi) is 6.71. The molecule has 0 aliphatic heterocycles. The van der Waals surface area contributed by atoms with E-state index in [2.05, 4.69) is 4.98 Å². The van der Waals surface area contributed by atoms with Crippen LogP contribution in [0.2, 0.25) is 0 Å². The zero-order chi connectivity index (χ0) is 22.6. The summed E-state index contributed by atoms with van der Waals surface area (Å²) in [5.41, 5.74) is 6.97. The smallest absolute Gasteiger partial charge is 0.316 e. The Labute approximate surface area is 182 Å². The lowest BCUT2D eigenvalue weighted by atomic mass is 9.90. The molecule has 3 aromatic rings. The van der Waals surface area contributed by atoms with Crippen molar-refractivity contribution in [3.05, 3.63) is 66.0 Å². The molecule has 1 atom stereocenters. The normalized spacial score (nSPS) is 12.4. The van der Waals surface area contributed by atoms with Crippen molar-refractivity contribution in [1.82, 2.24) is 4.98 Å². The number of ketones is 1. The van der Waals surface area contributed by atoms with Gasteiger partial charge in [0.15, 0.2) is 11.5 Å². The fraction of sp³-hybridized carbons (Fsp3) is 0.320. The third kappa shape index (κ3) is 5.27. The predicted molar refractivity (Wildman–Crippen MR) is 120 cm³/mol. The fourth-order valence-corrected chi connectivity index (χ4v) is 3.26. The molecule has 1 unspecified atom stereocenters. The number of nitrogens with zero attached hydrogens (tertiary/aromatic N) is 1. The van der Waals surface area contributed by atoms with E-state index in [9.17, 15) is 9.59 Å². The molecule has 0 saturated carbocycles. The maximum Gasteiger partial charge on any atom is 0.316 e. The number of fused-ring (bicyclic) bond motifs is 1. The Bertz CT molecular complexity index is 1100. The van der Waals surface area contributed by atoms with Crippen molar-refractivity contribution in [2.75, 3.05) is 13.7 Å². The second-order valence-electron chi connectivity index (χ2n) is 8.54. The van der Waals surface area contributed by atoms with E-state index in [1.165, 1.54) is 7.11 Å². The highest BCUT2D eigenvalue weighted by molar-refractivity contribution is 5.90. The molecule has 1 aromatic heterocycles. The third-order valence-corrected chi connectivity index (χ3v) is 5.11. The summed E-state index contributed by atoms with van der Waals surface area (Å²) in [6.45, 7) is 5.51. The number of hydrogen-bond donors (Lipinski definition) is 1. The van der Waals surface area contributed by atoms with Crippen LogP contribution in [0.3, 0.4) is 0 Å². The average Bonchev–Trinajstić information content (AvgIpc) is 2.74. The lowest BCUT2D eigenvalue weighted by Gasteiger charge is -2.19. The minimum absolute atomic E-state index is 0.0115. The van der Waals surface area contributed by atoms with Crippen LogP contribution in [-0.2, 0) is 16.0 Å². The van der Waals surface area contributed by atoms with E-state index in [0.29, 0.717) is 11.5 Å². The second kappa shape index (κ2) is 9.27. The topological polar surface area (TPSA) is 91.5 Å². The monoisotopic (exact) mass is 420 g/mol. The van der Waals surface area contributed by atoms with Crippen LogP contribution in [0, 0.1) is 5.41 Å². The van der Waals surface area contributed by atoms with E-state index < -0.39 is 11.3 Å². The van der Waals surface area contributed by atoms with Crippen molar-refractivity contribution >= 4 is 22.5 Å². The molecule has 6 nitrogen and oxygen atoms in total.